The number of nitrogens with zero attached hydrogens (tertiary/aromatic N) is 1. The van der Waals surface area contributed by atoms with E-state index in [1.165, 1.54) is 11.8 Å². The number of aliphatic hydroxyl groups is 1. The molecule has 0 saturated carbocycles. The van der Waals surface area contributed by atoms with E-state index in [1.807, 2.05) is 0 Å². The lowest BCUT2D eigenvalue weighted by Crippen LogP contribution is -2.50. The summed E-state index contributed by atoms with van der Waals surface area (Å²) in [6.45, 7) is 1.35. The Bertz CT molecular complexity index is 321. The molecule has 0 aromatic carbocycles. The molecule has 76 valence electrons. The van der Waals surface area contributed by atoms with Crippen molar-refractivity contribution in [1.82, 2.24) is 4.90 Å². The molecule has 2 heterocycles. The molecule has 0 aromatic rings. The van der Waals surface area contributed by atoms with Gasteiger partial charge in [-0.1, -0.05) is 6.08 Å². The van der Waals surface area contributed by atoms with Crippen LogP contribution in [0.5, 0.6) is 0 Å². The maximum absolute atomic E-state index is 11.3. The highest BCUT2D eigenvalue weighted by molar-refractivity contribution is 5.98. The molecule has 5 heteroatoms. The number of β-lactam (4-membered cyclic amide) rings is 1. The molecule has 0 spiro atoms. The number of fused-ring (bicyclic) bond motifs is 1. The van der Waals surface area contributed by atoms with E-state index < -0.39 is 12.3 Å². The summed E-state index contributed by atoms with van der Waals surface area (Å²) < 4.78 is 4.59. The second-order valence-electron chi connectivity index (χ2n) is 3.45. The van der Waals surface area contributed by atoms with Crippen molar-refractivity contribution in [3.63, 3.8) is 0 Å². The molecular weight excluding hydrogens is 186 g/mol. The summed E-state index contributed by atoms with van der Waals surface area (Å²) in [4.78, 5) is 23.9. The summed E-state index contributed by atoms with van der Waals surface area (Å²) in [7, 11) is 0. The molecular formula is C9H11NO4. The number of ether oxygens (including phenoxy) is 1. The zero-order valence-corrected chi connectivity index (χ0v) is 7.77. The first-order valence-corrected chi connectivity index (χ1v) is 4.51. The number of hydrogen-bond acceptors (Lipinski definition) is 4. The van der Waals surface area contributed by atoms with E-state index in [0.717, 1.165) is 0 Å². The first-order chi connectivity index (χ1) is 6.59. The Balaban J connectivity index is 2.05. The van der Waals surface area contributed by atoms with E-state index in [2.05, 4.69) is 4.74 Å². The van der Waals surface area contributed by atoms with Crippen molar-refractivity contribution in [2.75, 3.05) is 0 Å². The summed E-state index contributed by atoms with van der Waals surface area (Å²) in [6.07, 6.45) is 1.75. The fraction of sp³-hybridized carbons (Fsp3) is 0.556. The van der Waals surface area contributed by atoms with Gasteiger partial charge in [0, 0.05) is 12.5 Å². The lowest BCUT2D eigenvalue weighted by molar-refractivity contribution is -0.165. The zero-order valence-electron chi connectivity index (χ0n) is 7.77. The molecule has 14 heavy (non-hydrogen) atoms. The van der Waals surface area contributed by atoms with Crippen LogP contribution in [0.2, 0.25) is 0 Å². The van der Waals surface area contributed by atoms with Crippen LogP contribution in [0.3, 0.4) is 0 Å². The van der Waals surface area contributed by atoms with Gasteiger partial charge in [0.05, 0.1) is 0 Å². The number of carbonyl (C=O) groups excluding carboxylic acids is 2. The minimum atomic E-state index is -1.14. The molecule has 2 aliphatic heterocycles. The smallest absolute Gasteiger partial charge is 0.357 e. The Hall–Kier alpha value is -1.36. The van der Waals surface area contributed by atoms with Crippen LogP contribution in [-0.4, -0.2) is 34.2 Å². The molecule has 1 saturated heterocycles. The number of aliphatic hydroxyl groups excluding tert-OH is 1. The SMILES string of the molecule is C[C@H](O)OC(=O)C1=CC[C@@H]2CC(=O)N12. The predicted molar refractivity (Wildman–Crippen MR) is 45.7 cm³/mol. The first-order valence-electron chi connectivity index (χ1n) is 4.51. The van der Waals surface area contributed by atoms with Crippen LogP contribution in [0.4, 0.5) is 0 Å². The lowest BCUT2D eigenvalue weighted by atomic mass is 10.0. The molecule has 1 fully saturated rings. The van der Waals surface area contributed by atoms with Gasteiger partial charge in [0.15, 0.2) is 6.29 Å². The van der Waals surface area contributed by atoms with Crippen LogP contribution >= 0.6 is 0 Å². The molecule has 0 bridgehead atoms. The number of rotatable bonds is 2. The van der Waals surface area contributed by atoms with Crippen molar-refractivity contribution in [2.45, 2.75) is 32.1 Å². The summed E-state index contributed by atoms with van der Waals surface area (Å²) in [6, 6.07) is 0.138. The van der Waals surface area contributed by atoms with Gasteiger partial charge in [0.2, 0.25) is 5.91 Å². The Kier molecular flexibility index (Phi) is 2.03. The van der Waals surface area contributed by atoms with Gasteiger partial charge in [-0.25, -0.2) is 4.79 Å². The van der Waals surface area contributed by atoms with E-state index in [1.54, 1.807) is 6.08 Å². The van der Waals surface area contributed by atoms with Gasteiger partial charge in [0.1, 0.15) is 5.70 Å². The Morgan fingerprint density at radius 2 is 2.50 bits per heavy atom. The van der Waals surface area contributed by atoms with Crippen LogP contribution < -0.4 is 0 Å². The van der Waals surface area contributed by atoms with Crippen LogP contribution in [0.25, 0.3) is 0 Å². The highest BCUT2D eigenvalue weighted by Gasteiger charge is 2.44. The average molecular weight is 197 g/mol. The van der Waals surface area contributed by atoms with Crippen LogP contribution in [0.1, 0.15) is 19.8 Å². The molecule has 0 radical (unpaired) electrons. The van der Waals surface area contributed by atoms with E-state index >= 15 is 0 Å². The van der Waals surface area contributed by atoms with Crippen molar-refractivity contribution >= 4 is 11.9 Å². The molecule has 0 unspecified atom stereocenters. The van der Waals surface area contributed by atoms with Crippen molar-refractivity contribution in [3.8, 4) is 0 Å². The largest absolute Gasteiger partial charge is 0.432 e. The number of esters is 1. The molecule has 1 N–H and O–H groups in total. The molecule has 2 rings (SSSR count). The maximum Gasteiger partial charge on any atom is 0.357 e. The summed E-state index contributed by atoms with van der Waals surface area (Å²) in [5.74, 6) is -0.683. The Morgan fingerprint density at radius 1 is 1.79 bits per heavy atom. The van der Waals surface area contributed by atoms with Crippen LogP contribution in [-0.2, 0) is 14.3 Å². The summed E-state index contributed by atoms with van der Waals surface area (Å²) >= 11 is 0. The molecule has 2 atom stereocenters. The third kappa shape index (κ3) is 1.29. The van der Waals surface area contributed by atoms with Gasteiger partial charge >= 0.3 is 5.97 Å². The Morgan fingerprint density at radius 3 is 3.07 bits per heavy atom. The average Bonchev–Trinajstić information content (AvgIpc) is 2.40. The molecule has 1 amide bonds. The fourth-order valence-electron chi connectivity index (χ4n) is 1.75. The van der Waals surface area contributed by atoms with Crippen molar-refractivity contribution in [1.29, 1.82) is 0 Å². The first kappa shape index (κ1) is 9.21. The zero-order chi connectivity index (χ0) is 10.3. The van der Waals surface area contributed by atoms with Gasteiger partial charge in [0.25, 0.3) is 0 Å². The van der Waals surface area contributed by atoms with Gasteiger partial charge in [-0.2, -0.15) is 0 Å². The second-order valence-corrected chi connectivity index (χ2v) is 3.45. The lowest BCUT2D eigenvalue weighted by Gasteiger charge is -2.35. The standard InChI is InChI=1S/C9H11NO4/c1-5(11)14-9(13)7-3-2-6-4-8(12)10(6)7/h3,5-6,11H,2,4H2,1H3/t5-,6-/m1/s1. The highest BCUT2D eigenvalue weighted by Crippen LogP contribution is 2.33. The molecule has 0 aliphatic carbocycles. The van der Waals surface area contributed by atoms with Gasteiger partial charge in [-0.3, -0.25) is 4.79 Å². The maximum atomic E-state index is 11.3. The van der Waals surface area contributed by atoms with Crippen molar-refractivity contribution in [3.05, 3.63) is 11.8 Å². The van der Waals surface area contributed by atoms with E-state index in [4.69, 9.17) is 5.11 Å². The van der Waals surface area contributed by atoms with Crippen molar-refractivity contribution < 1.29 is 19.4 Å². The van der Waals surface area contributed by atoms with Gasteiger partial charge in [-0.15, -0.1) is 0 Å². The van der Waals surface area contributed by atoms with Crippen LogP contribution in [0.15, 0.2) is 11.8 Å². The number of carbonyl (C=O) groups is 2. The number of amides is 1. The third-order valence-electron chi connectivity index (χ3n) is 2.37. The Labute approximate surface area is 80.9 Å². The van der Waals surface area contributed by atoms with Crippen LogP contribution in [0, 0.1) is 0 Å². The minimum absolute atomic E-state index is 0.0544. The van der Waals surface area contributed by atoms with Gasteiger partial charge in [-0.05, 0) is 13.3 Å². The second kappa shape index (κ2) is 3.09. The number of hydrogen-bond donors (Lipinski definition) is 1. The topological polar surface area (TPSA) is 66.8 Å². The quantitative estimate of drug-likeness (QED) is 0.377. The monoisotopic (exact) mass is 197 g/mol. The minimum Gasteiger partial charge on any atom is -0.432 e. The summed E-state index contributed by atoms with van der Waals surface area (Å²) in [5.41, 5.74) is 0.271. The van der Waals surface area contributed by atoms with Gasteiger partial charge < -0.3 is 14.7 Å². The van der Waals surface area contributed by atoms with E-state index in [0.29, 0.717) is 12.8 Å². The third-order valence-corrected chi connectivity index (χ3v) is 2.37. The molecule has 0 aromatic heterocycles. The predicted octanol–water partition coefficient (Wildman–Crippen LogP) is -0.244. The molecule has 2 aliphatic rings. The van der Waals surface area contributed by atoms with Crippen molar-refractivity contribution in [2.24, 2.45) is 0 Å². The summed E-state index contributed by atoms with van der Waals surface area (Å²) in [5, 5.41) is 8.85. The van der Waals surface area contributed by atoms with E-state index in [9.17, 15) is 9.59 Å². The fourth-order valence-corrected chi connectivity index (χ4v) is 1.75. The molecule has 5 nitrogen and oxygen atoms in total. The highest BCUT2D eigenvalue weighted by atomic mass is 16.6. The van der Waals surface area contributed by atoms with E-state index in [-0.39, 0.29) is 17.6 Å². The normalized spacial score (nSPS) is 26.4.